The van der Waals surface area contributed by atoms with Crippen molar-refractivity contribution in [3.05, 3.63) is 60.8 Å². The van der Waals surface area contributed by atoms with E-state index < -0.39 is 12.1 Å². The zero-order chi connectivity index (χ0) is 19.2. The Morgan fingerprint density at radius 1 is 1.15 bits per heavy atom. The van der Waals surface area contributed by atoms with Crippen LogP contribution in [0.1, 0.15) is 45.4 Å². The van der Waals surface area contributed by atoms with Crippen LogP contribution in [0.15, 0.2) is 60.8 Å². The zero-order valence-electron chi connectivity index (χ0n) is 15.5. The van der Waals surface area contributed by atoms with E-state index in [1.807, 2.05) is 12.2 Å². The first kappa shape index (κ1) is 21.8. The predicted molar refractivity (Wildman–Crippen MR) is 105 cm³/mol. The van der Waals surface area contributed by atoms with Crippen molar-refractivity contribution in [2.24, 2.45) is 11.8 Å². The van der Waals surface area contributed by atoms with Crippen LogP contribution in [-0.2, 0) is 9.59 Å². The topological polar surface area (TPSA) is 74.6 Å². The molecule has 0 aliphatic heterocycles. The fraction of sp³-hybridized carbons (Fsp3) is 0.455. The average Bonchev–Trinajstić information content (AvgIpc) is 2.96. The fourth-order valence-electron chi connectivity index (χ4n) is 2.73. The van der Waals surface area contributed by atoms with E-state index in [1.54, 1.807) is 18.2 Å². The molecule has 0 aromatic carbocycles. The van der Waals surface area contributed by atoms with Crippen LogP contribution in [0.25, 0.3) is 0 Å². The standard InChI is InChI=1S/C22H30O4/c1-2-3-4-5-6-7-8-9-10-11-19(23)14-15-20-18(12-16-21(20)24)13-17-22(25)26/h3-4,6-7,9-10,12,14-16,18-20,23H,2,5,8,11,13,17H2,1H3,(H,25,26)/b4-3-,7-6+,10-9-,15-14+/t18-,19-,20+/m0/s1. The fourth-order valence-corrected chi connectivity index (χ4v) is 2.73. The van der Waals surface area contributed by atoms with Crippen LogP contribution in [0.5, 0.6) is 0 Å². The Balaban J connectivity index is 2.33. The van der Waals surface area contributed by atoms with Crippen molar-refractivity contribution in [3.8, 4) is 0 Å². The van der Waals surface area contributed by atoms with E-state index >= 15 is 0 Å². The summed E-state index contributed by atoms with van der Waals surface area (Å²) in [5.74, 6) is -1.33. The molecule has 4 nitrogen and oxygen atoms in total. The molecular formula is C22H30O4. The maximum atomic E-state index is 11.9. The van der Waals surface area contributed by atoms with Crippen LogP contribution in [0.2, 0.25) is 0 Å². The number of rotatable bonds is 12. The summed E-state index contributed by atoms with van der Waals surface area (Å²) >= 11 is 0. The third kappa shape index (κ3) is 9.33. The number of carboxylic acids is 1. The highest BCUT2D eigenvalue weighted by Crippen LogP contribution is 2.28. The number of hydrogen-bond donors (Lipinski definition) is 2. The summed E-state index contributed by atoms with van der Waals surface area (Å²) in [6.07, 6.45) is 22.2. The molecule has 4 heteroatoms. The lowest BCUT2D eigenvalue weighted by molar-refractivity contribution is -0.137. The highest BCUT2D eigenvalue weighted by Gasteiger charge is 2.28. The molecule has 1 rings (SSSR count). The van der Waals surface area contributed by atoms with E-state index in [-0.39, 0.29) is 24.0 Å². The number of carbonyl (C=O) groups is 2. The summed E-state index contributed by atoms with van der Waals surface area (Å²) in [6, 6.07) is 0. The highest BCUT2D eigenvalue weighted by molar-refractivity contribution is 5.95. The Morgan fingerprint density at radius 3 is 2.46 bits per heavy atom. The highest BCUT2D eigenvalue weighted by atomic mass is 16.4. The van der Waals surface area contributed by atoms with Gasteiger partial charge in [-0.25, -0.2) is 0 Å². The minimum atomic E-state index is -0.860. The molecular weight excluding hydrogens is 328 g/mol. The molecule has 26 heavy (non-hydrogen) atoms. The molecule has 0 saturated carbocycles. The molecule has 142 valence electrons. The van der Waals surface area contributed by atoms with Crippen LogP contribution in [0.4, 0.5) is 0 Å². The molecule has 0 unspecified atom stereocenters. The zero-order valence-corrected chi connectivity index (χ0v) is 15.5. The van der Waals surface area contributed by atoms with E-state index in [1.165, 1.54) is 6.08 Å². The van der Waals surface area contributed by atoms with Crippen molar-refractivity contribution in [1.82, 2.24) is 0 Å². The number of aliphatic carboxylic acids is 1. The number of allylic oxidation sites excluding steroid dienone is 8. The Bertz CT molecular complexity index is 581. The molecule has 2 N–H and O–H groups in total. The van der Waals surface area contributed by atoms with Gasteiger partial charge in [-0.3, -0.25) is 9.59 Å². The lowest BCUT2D eigenvalue weighted by atomic mass is 9.90. The average molecular weight is 358 g/mol. The second kappa shape index (κ2) is 13.1. The van der Waals surface area contributed by atoms with Crippen LogP contribution >= 0.6 is 0 Å². The van der Waals surface area contributed by atoms with Gasteiger partial charge >= 0.3 is 5.97 Å². The van der Waals surface area contributed by atoms with Crippen LogP contribution < -0.4 is 0 Å². The number of aliphatic hydroxyl groups is 1. The van der Waals surface area contributed by atoms with Crippen LogP contribution in [0.3, 0.4) is 0 Å². The van der Waals surface area contributed by atoms with Gasteiger partial charge in [-0.2, -0.15) is 0 Å². The Hall–Kier alpha value is -2.20. The number of ketones is 1. The summed E-state index contributed by atoms with van der Waals surface area (Å²) in [7, 11) is 0. The smallest absolute Gasteiger partial charge is 0.303 e. The SMILES string of the molecule is CC/C=C\C/C=C/C/C=C\C[C@H](O)/C=C/[C@H]1C(=O)C=C[C@H]1CCC(=O)O. The quantitative estimate of drug-likeness (QED) is 0.507. The first-order valence-electron chi connectivity index (χ1n) is 9.29. The number of aliphatic hydroxyl groups excluding tert-OH is 1. The van der Waals surface area contributed by atoms with E-state index in [0.29, 0.717) is 12.8 Å². The Labute approximate surface area is 156 Å². The molecule has 0 fully saturated rings. The van der Waals surface area contributed by atoms with Gasteiger partial charge in [0.15, 0.2) is 5.78 Å². The maximum absolute atomic E-state index is 11.9. The van der Waals surface area contributed by atoms with Crippen molar-refractivity contribution >= 4 is 11.8 Å². The predicted octanol–water partition coefficient (Wildman–Crippen LogP) is 4.39. The van der Waals surface area contributed by atoms with Crippen molar-refractivity contribution < 1.29 is 19.8 Å². The summed E-state index contributed by atoms with van der Waals surface area (Å²) in [6.45, 7) is 2.11. The minimum absolute atomic E-state index is 0.0263. The molecule has 0 aromatic rings. The van der Waals surface area contributed by atoms with Gasteiger partial charge in [0, 0.05) is 12.3 Å². The van der Waals surface area contributed by atoms with Gasteiger partial charge in [-0.05, 0) is 44.1 Å². The molecule has 1 aliphatic rings. The third-order valence-electron chi connectivity index (χ3n) is 4.19. The second-order valence-electron chi connectivity index (χ2n) is 6.37. The molecule has 0 radical (unpaired) electrons. The van der Waals surface area contributed by atoms with E-state index in [9.17, 15) is 14.7 Å². The van der Waals surface area contributed by atoms with E-state index in [4.69, 9.17) is 5.11 Å². The van der Waals surface area contributed by atoms with Gasteiger partial charge in [0.1, 0.15) is 0 Å². The molecule has 3 atom stereocenters. The summed E-state index contributed by atoms with van der Waals surface area (Å²) in [5.41, 5.74) is 0. The lowest BCUT2D eigenvalue weighted by Crippen LogP contribution is -2.15. The molecule has 0 spiro atoms. The molecule has 1 aliphatic carbocycles. The van der Waals surface area contributed by atoms with Gasteiger partial charge in [-0.15, -0.1) is 0 Å². The summed E-state index contributed by atoms with van der Waals surface area (Å²) < 4.78 is 0. The van der Waals surface area contributed by atoms with E-state index in [2.05, 4.69) is 31.2 Å². The Kier molecular flexibility index (Phi) is 11.0. The van der Waals surface area contributed by atoms with Gasteiger partial charge in [0.25, 0.3) is 0 Å². The minimum Gasteiger partial charge on any atom is -0.481 e. The molecule has 0 saturated heterocycles. The van der Waals surface area contributed by atoms with Gasteiger partial charge in [-0.1, -0.05) is 61.6 Å². The maximum Gasteiger partial charge on any atom is 0.303 e. The summed E-state index contributed by atoms with van der Waals surface area (Å²) in [4.78, 5) is 22.6. The number of hydrogen-bond acceptors (Lipinski definition) is 3. The number of carboxylic acid groups (broad SMARTS) is 1. The van der Waals surface area contributed by atoms with Gasteiger partial charge in [0.05, 0.1) is 6.10 Å². The molecule has 0 heterocycles. The summed E-state index contributed by atoms with van der Waals surface area (Å²) in [5, 5.41) is 18.8. The largest absolute Gasteiger partial charge is 0.481 e. The monoisotopic (exact) mass is 358 g/mol. The number of carbonyl (C=O) groups excluding carboxylic acids is 1. The first-order chi connectivity index (χ1) is 12.5. The van der Waals surface area contributed by atoms with Crippen molar-refractivity contribution in [1.29, 1.82) is 0 Å². The van der Waals surface area contributed by atoms with Crippen molar-refractivity contribution in [3.63, 3.8) is 0 Å². The molecule has 0 bridgehead atoms. The van der Waals surface area contributed by atoms with Crippen molar-refractivity contribution in [2.45, 2.75) is 51.6 Å². The molecule has 0 amide bonds. The lowest BCUT2D eigenvalue weighted by Gasteiger charge is -2.14. The van der Waals surface area contributed by atoms with Crippen molar-refractivity contribution in [2.75, 3.05) is 0 Å². The normalized spacial score (nSPS) is 21.8. The first-order valence-corrected chi connectivity index (χ1v) is 9.29. The van der Waals surface area contributed by atoms with Crippen LogP contribution in [0, 0.1) is 11.8 Å². The van der Waals surface area contributed by atoms with Crippen LogP contribution in [-0.4, -0.2) is 28.1 Å². The second-order valence-corrected chi connectivity index (χ2v) is 6.37. The van der Waals surface area contributed by atoms with E-state index in [0.717, 1.165) is 19.3 Å². The molecule has 0 aromatic heterocycles. The Morgan fingerprint density at radius 2 is 1.81 bits per heavy atom. The third-order valence-corrected chi connectivity index (χ3v) is 4.19. The van der Waals surface area contributed by atoms with Gasteiger partial charge < -0.3 is 10.2 Å². The van der Waals surface area contributed by atoms with Gasteiger partial charge in [0.2, 0.25) is 0 Å².